The van der Waals surface area contributed by atoms with Gasteiger partial charge in [-0.2, -0.15) is 0 Å². The van der Waals surface area contributed by atoms with Gasteiger partial charge in [0.25, 0.3) is 0 Å². The van der Waals surface area contributed by atoms with E-state index in [0.717, 1.165) is 19.3 Å². The zero-order valence-corrected chi connectivity index (χ0v) is 13.0. The van der Waals surface area contributed by atoms with Crippen LogP contribution in [0.3, 0.4) is 0 Å². The molecular formula is C16H16ClNO2S. The Bertz CT molecular complexity index is 772. The zero-order chi connectivity index (χ0) is 14.9. The van der Waals surface area contributed by atoms with Crippen LogP contribution in [0, 0.1) is 0 Å². The quantitative estimate of drug-likeness (QED) is 0.931. The highest BCUT2D eigenvalue weighted by Gasteiger charge is 2.16. The summed E-state index contributed by atoms with van der Waals surface area (Å²) in [5, 5.41) is 0.469. The summed E-state index contributed by atoms with van der Waals surface area (Å²) >= 11 is 6.02. The summed E-state index contributed by atoms with van der Waals surface area (Å²) in [6, 6.07) is 12.8. The summed E-state index contributed by atoms with van der Waals surface area (Å²) in [5.74, 6) is -0.121. The molecule has 0 saturated carbocycles. The molecule has 0 unspecified atom stereocenters. The lowest BCUT2D eigenvalue weighted by molar-refractivity contribution is 0.600. The molecule has 21 heavy (non-hydrogen) atoms. The van der Waals surface area contributed by atoms with Crippen LogP contribution in [0.4, 0.5) is 5.69 Å². The lowest BCUT2D eigenvalue weighted by Crippen LogP contribution is -2.15. The van der Waals surface area contributed by atoms with Crippen molar-refractivity contribution in [3.05, 3.63) is 64.2 Å². The molecule has 0 aromatic heterocycles. The zero-order valence-electron chi connectivity index (χ0n) is 11.5. The minimum absolute atomic E-state index is 0.121. The Kier molecular flexibility index (Phi) is 3.91. The van der Waals surface area contributed by atoms with Gasteiger partial charge in [-0.1, -0.05) is 35.9 Å². The monoisotopic (exact) mass is 321 g/mol. The summed E-state index contributed by atoms with van der Waals surface area (Å²) in [6.07, 6.45) is 3.25. The first kappa shape index (κ1) is 14.4. The summed E-state index contributed by atoms with van der Waals surface area (Å²) in [6.45, 7) is 0. The molecule has 110 valence electrons. The topological polar surface area (TPSA) is 46.2 Å². The highest BCUT2D eigenvalue weighted by atomic mass is 35.5. The first-order valence-corrected chi connectivity index (χ1v) is 8.92. The fraction of sp³-hybridized carbons (Fsp3) is 0.250. The largest absolute Gasteiger partial charge is 0.283 e. The van der Waals surface area contributed by atoms with Crippen LogP contribution in [-0.2, 0) is 28.6 Å². The molecular weight excluding hydrogens is 306 g/mol. The molecule has 0 atom stereocenters. The maximum atomic E-state index is 12.3. The van der Waals surface area contributed by atoms with Crippen molar-refractivity contribution in [3.63, 3.8) is 0 Å². The Hall–Kier alpha value is -1.52. The van der Waals surface area contributed by atoms with Gasteiger partial charge >= 0.3 is 0 Å². The highest BCUT2D eigenvalue weighted by Crippen LogP contribution is 2.26. The van der Waals surface area contributed by atoms with Gasteiger partial charge in [-0.15, -0.1) is 0 Å². The lowest BCUT2D eigenvalue weighted by atomic mass is 10.1. The minimum atomic E-state index is -3.46. The van der Waals surface area contributed by atoms with E-state index in [1.807, 2.05) is 18.2 Å². The second-order valence-electron chi connectivity index (χ2n) is 5.29. The molecule has 3 rings (SSSR count). The van der Waals surface area contributed by atoms with E-state index in [1.54, 1.807) is 24.3 Å². The molecule has 1 aliphatic rings. The average Bonchev–Trinajstić information content (AvgIpc) is 2.88. The predicted octanol–water partition coefficient (Wildman–Crippen LogP) is 3.77. The van der Waals surface area contributed by atoms with Crippen molar-refractivity contribution in [1.29, 1.82) is 0 Å². The van der Waals surface area contributed by atoms with E-state index in [0.29, 0.717) is 16.3 Å². The number of rotatable bonds is 4. The maximum absolute atomic E-state index is 12.3. The molecule has 2 aromatic carbocycles. The SMILES string of the molecule is O=S(=O)(Cc1ccccc1Cl)Nc1ccc2c(c1)CCC2. The Morgan fingerprint density at radius 3 is 2.62 bits per heavy atom. The first-order chi connectivity index (χ1) is 10.0. The summed E-state index contributed by atoms with van der Waals surface area (Å²) in [7, 11) is -3.46. The van der Waals surface area contributed by atoms with E-state index in [4.69, 9.17) is 11.6 Å². The molecule has 5 heteroatoms. The first-order valence-electron chi connectivity index (χ1n) is 6.89. The second kappa shape index (κ2) is 5.70. The number of anilines is 1. The number of sulfonamides is 1. The molecule has 0 amide bonds. The number of hydrogen-bond donors (Lipinski definition) is 1. The van der Waals surface area contributed by atoms with Gasteiger partial charge in [-0.05, 0) is 54.2 Å². The summed E-state index contributed by atoms with van der Waals surface area (Å²) in [4.78, 5) is 0. The second-order valence-corrected chi connectivity index (χ2v) is 7.42. The van der Waals surface area contributed by atoms with E-state index >= 15 is 0 Å². The van der Waals surface area contributed by atoms with Gasteiger partial charge in [-0.25, -0.2) is 8.42 Å². The molecule has 0 aliphatic heterocycles. The Labute approximate surface area is 130 Å². The van der Waals surface area contributed by atoms with Crippen LogP contribution >= 0.6 is 11.6 Å². The number of aryl methyl sites for hydroxylation is 2. The summed E-state index contributed by atoms with van der Waals surface area (Å²) < 4.78 is 27.1. The lowest BCUT2D eigenvalue weighted by Gasteiger charge is -2.10. The van der Waals surface area contributed by atoms with Gasteiger partial charge in [0.15, 0.2) is 0 Å². The molecule has 0 bridgehead atoms. The number of halogens is 1. The van der Waals surface area contributed by atoms with Crippen molar-refractivity contribution < 1.29 is 8.42 Å². The molecule has 0 saturated heterocycles. The van der Waals surface area contributed by atoms with E-state index in [-0.39, 0.29) is 5.75 Å². The van der Waals surface area contributed by atoms with Gasteiger partial charge in [0.1, 0.15) is 0 Å². The van der Waals surface area contributed by atoms with Crippen molar-refractivity contribution in [2.24, 2.45) is 0 Å². The number of benzene rings is 2. The molecule has 1 aliphatic carbocycles. The van der Waals surface area contributed by atoms with Gasteiger partial charge in [0, 0.05) is 10.7 Å². The van der Waals surface area contributed by atoms with Gasteiger partial charge < -0.3 is 0 Å². The molecule has 0 spiro atoms. The van der Waals surface area contributed by atoms with Gasteiger partial charge in [0.2, 0.25) is 10.0 Å². The fourth-order valence-electron chi connectivity index (χ4n) is 2.67. The minimum Gasteiger partial charge on any atom is -0.283 e. The Balaban J connectivity index is 1.79. The van der Waals surface area contributed by atoms with Crippen LogP contribution in [0.25, 0.3) is 0 Å². The molecule has 0 radical (unpaired) electrons. The van der Waals surface area contributed by atoms with Crippen molar-refractivity contribution >= 4 is 27.3 Å². The average molecular weight is 322 g/mol. The van der Waals surface area contributed by atoms with Crippen molar-refractivity contribution in [2.45, 2.75) is 25.0 Å². The van der Waals surface area contributed by atoms with Crippen LogP contribution in [0.5, 0.6) is 0 Å². The van der Waals surface area contributed by atoms with E-state index < -0.39 is 10.0 Å². The molecule has 3 nitrogen and oxygen atoms in total. The number of hydrogen-bond acceptors (Lipinski definition) is 2. The van der Waals surface area contributed by atoms with Gasteiger partial charge in [0.05, 0.1) is 5.75 Å². The van der Waals surface area contributed by atoms with Crippen LogP contribution in [0.15, 0.2) is 42.5 Å². The standard InChI is InChI=1S/C16H16ClNO2S/c17-16-7-2-1-4-14(16)11-21(19,20)18-15-9-8-12-5-3-6-13(12)10-15/h1-2,4,7-10,18H,3,5-6,11H2. The predicted molar refractivity (Wildman–Crippen MR) is 86.2 cm³/mol. The fourth-order valence-corrected chi connectivity index (χ4v) is 4.17. The number of fused-ring (bicyclic) bond motifs is 1. The van der Waals surface area contributed by atoms with Crippen LogP contribution in [-0.4, -0.2) is 8.42 Å². The van der Waals surface area contributed by atoms with Crippen LogP contribution in [0.1, 0.15) is 23.1 Å². The molecule has 0 heterocycles. The smallest absolute Gasteiger partial charge is 0.236 e. The normalized spacial score (nSPS) is 14.0. The third-order valence-corrected chi connectivity index (χ3v) is 5.28. The van der Waals surface area contributed by atoms with E-state index in [2.05, 4.69) is 4.72 Å². The third-order valence-electron chi connectivity index (χ3n) is 3.68. The van der Waals surface area contributed by atoms with Crippen LogP contribution in [0.2, 0.25) is 5.02 Å². The maximum Gasteiger partial charge on any atom is 0.236 e. The summed E-state index contributed by atoms with van der Waals surface area (Å²) in [5.41, 5.74) is 3.80. The van der Waals surface area contributed by atoms with Gasteiger partial charge in [-0.3, -0.25) is 4.72 Å². The van der Waals surface area contributed by atoms with E-state index in [1.165, 1.54) is 11.1 Å². The Morgan fingerprint density at radius 1 is 1.05 bits per heavy atom. The van der Waals surface area contributed by atoms with Crippen molar-refractivity contribution in [3.8, 4) is 0 Å². The molecule has 2 aromatic rings. The third kappa shape index (κ3) is 3.39. The van der Waals surface area contributed by atoms with Crippen molar-refractivity contribution in [2.75, 3.05) is 4.72 Å². The Morgan fingerprint density at radius 2 is 1.81 bits per heavy atom. The molecule has 0 fully saturated rings. The van der Waals surface area contributed by atoms with Crippen molar-refractivity contribution in [1.82, 2.24) is 0 Å². The molecule has 1 N–H and O–H groups in total. The van der Waals surface area contributed by atoms with E-state index in [9.17, 15) is 8.42 Å². The highest BCUT2D eigenvalue weighted by molar-refractivity contribution is 7.91. The number of nitrogens with one attached hydrogen (secondary N) is 1. The van der Waals surface area contributed by atoms with Crippen LogP contribution < -0.4 is 4.72 Å².